The molecular weight excluding hydrogens is 372 g/mol. The van der Waals surface area contributed by atoms with Crippen LogP contribution in [0.25, 0.3) is 0 Å². The molecule has 0 aromatic carbocycles. The van der Waals surface area contributed by atoms with Gasteiger partial charge in [-0.15, -0.1) is 0 Å². The average Bonchev–Trinajstić information content (AvgIpc) is 2.99. The van der Waals surface area contributed by atoms with Crippen molar-refractivity contribution in [2.45, 2.75) is 12.5 Å². The van der Waals surface area contributed by atoms with Crippen molar-refractivity contribution in [3.8, 4) is 0 Å². The predicted molar refractivity (Wildman–Crippen MR) is 81.7 cm³/mol. The molecule has 0 radical (unpaired) electrons. The zero-order valence-electron chi connectivity index (χ0n) is 12.5. The maximum absolute atomic E-state index is 12.1. The number of hydrogen-bond donors (Lipinski definition) is 1. The van der Waals surface area contributed by atoms with Gasteiger partial charge in [0.2, 0.25) is 5.91 Å². The fraction of sp³-hybridized carbons (Fsp3) is 0.500. The van der Waals surface area contributed by atoms with Crippen LogP contribution in [0.2, 0.25) is 0 Å². The smallest absolute Gasteiger partial charge is 0.308 e. The summed E-state index contributed by atoms with van der Waals surface area (Å²) in [7, 11) is 1.30. The molecule has 2 rings (SSSR count). The number of ether oxygens (including phenoxy) is 2. The van der Waals surface area contributed by atoms with Crippen LogP contribution in [0.15, 0.2) is 21.2 Å². The Labute approximate surface area is 141 Å². The molecule has 2 heterocycles. The summed E-state index contributed by atoms with van der Waals surface area (Å²) >= 11 is 3.10. The molecule has 1 aliphatic rings. The Kier molecular flexibility index (Phi) is 6.17. The zero-order chi connectivity index (χ0) is 16.8. The van der Waals surface area contributed by atoms with E-state index in [0.29, 0.717) is 17.8 Å². The highest BCUT2D eigenvalue weighted by Gasteiger charge is 2.26. The lowest BCUT2D eigenvalue weighted by molar-refractivity contribution is -0.149. The van der Waals surface area contributed by atoms with Crippen LogP contribution >= 0.6 is 15.9 Å². The Bertz CT molecular complexity index is 588. The van der Waals surface area contributed by atoms with Gasteiger partial charge < -0.3 is 24.1 Å². The molecule has 1 fully saturated rings. The topological polar surface area (TPSA) is 98.1 Å². The van der Waals surface area contributed by atoms with Crippen LogP contribution in [0.1, 0.15) is 17.0 Å². The van der Waals surface area contributed by atoms with E-state index in [0.717, 1.165) is 0 Å². The van der Waals surface area contributed by atoms with Crippen molar-refractivity contribution < 1.29 is 28.3 Å². The second kappa shape index (κ2) is 8.11. The lowest BCUT2D eigenvalue weighted by atomic mass is 10.2. The number of carbonyl (C=O) groups is 3. The Morgan fingerprint density at radius 1 is 1.43 bits per heavy atom. The Morgan fingerprint density at radius 3 is 2.87 bits per heavy atom. The number of nitrogens with one attached hydrogen (secondary N) is 1. The first-order valence-electron chi connectivity index (χ1n) is 6.99. The number of hydrogen-bond acceptors (Lipinski definition) is 6. The van der Waals surface area contributed by atoms with Gasteiger partial charge in [-0.05, 0) is 28.1 Å². The van der Waals surface area contributed by atoms with Crippen molar-refractivity contribution in [2.75, 3.05) is 33.4 Å². The fourth-order valence-electron chi connectivity index (χ4n) is 2.13. The molecule has 1 N–H and O–H groups in total. The van der Waals surface area contributed by atoms with Gasteiger partial charge in [-0.25, -0.2) is 0 Å². The highest BCUT2D eigenvalue weighted by atomic mass is 79.9. The van der Waals surface area contributed by atoms with E-state index in [2.05, 4.69) is 26.0 Å². The summed E-state index contributed by atoms with van der Waals surface area (Å²) in [6.07, 6.45) is -0.301. The molecular formula is C14H17BrN2O6. The van der Waals surface area contributed by atoms with Gasteiger partial charge in [-0.2, -0.15) is 0 Å². The van der Waals surface area contributed by atoms with Gasteiger partial charge in [-0.3, -0.25) is 14.4 Å². The van der Waals surface area contributed by atoms with Crippen LogP contribution in [-0.2, 0) is 19.1 Å². The van der Waals surface area contributed by atoms with Crippen molar-refractivity contribution in [3.63, 3.8) is 0 Å². The molecule has 0 bridgehead atoms. The Hall–Kier alpha value is -1.87. The summed E-state index contributed by atoms with van der Waals surface area (Å²) in [5.74, 6) is -0.984. The van der Waals surface area contributed by atoms with Gasteiger partial charge in [0.25, 0.3) is 5.91 Å². The normalized spacial score (nSPS) is 17.7. The third-order valence-electron chi connectivity index (χ3n) is 3.31. The second-order valence-corrected chi connectivity index (χ2v) is 5.68. The number of nitrogens with zero attached hydrogens (tertiary/aromatic N) is 1. The van der Waals surface area contributed by atoms with Crippen molar-refractivity contribution in [3.05, 3.63) is 22.6 Å². The summed E-state index contributed by atoms with van der Waals surface area (Å²) in [5.41, 5.74) is 0. The first-order chi connectivity index (χ1) is 11.0. The molecule has 126 valence electrons. The minimum atomic E-state index is -0.469. The van der Waals surface area contributed by atoms with E-state index in [4.69, 9.17) is 9.15 Å². The van der Waals surface area contributed by atoms with E-state index in [1.165, 1.54) is 13.2 Å². The second-order valence-electron chi connectivity index (χ2n) is 4.90. The maximum Gasteiger partial charge on any atom is 0.308 e. The van der Waals surface area contributed by atoms with Crippen molar-refractivity contribution in [1.29, 1.82) is 0 Å². The third-order valence-corrected chi connectivity index (χ3v) is 3.74. The molecule has 23 heavy (non-hydrogen) atoms. The number of furan rings is 1. The van der Waals surface area contributed by atoms with Crippen LogP contribution in [-0.4, -0.2) is 62.1 Å². The van der Waals surface area contributed by atoms with Crippen LogP contribution in [0.5, 0.6) is 0 Å². The van der Waals surface area contributed by atoms with E-state index >= 15 is 0 Å². The van der Waals surface area contributed by atoms with Crippen molar-refractivity contribution in [1.82, 2.24) is 10.2 Å². The number of amides is 2. The Morgan fingerprint density at radius 2 is 2.22 bits per heavy atom. The standard InChI is InChI=1S/C14H17BrN2O6/c1-21-13(19)6-9-8-17(4-5-22-9)12(18)7-16-14(20)10-2-3-11(15)23-10/h2-3,9H,4-8H2,1H3,(H,16,20). The molecule has 1 unspecified atom stereocenters. The molecule has 0 saturated carbocycles. The lowest BCUT2D eigenvalue weighted by Gasteiger charge is -2.32. The molecule has 8 nitrogen and oxygen atoms in total. The van der Waals surface area contributed by atoms with E-state index < -0.39 is 12.0 Å². The van der Waals surface area contributed by atoms with E-state index in [-0.39, 0.29) is 37.1 Å². The first-order valence-corrected chi connectivity index (χ1v) is 7.78. The van der Waals surface area contributed by atoms with Crippen LogP contribution in [0, 0.1) is 0 Å². The minimum absolute atomic E-state index is 0.0903. The number of rotatable bonds is 5. The molecule has 2 amide bonds. The monoisotopic (exact) mass is 388 g/mol. The van der Waals surface area contributed by atoms with E-state index in [1.807, 2.05) is 0 Å². The molecule has 0 spiro atoms. The fourth-order valence-corrected chi connectivity index (χ4v) is 2.44. The number of carbonyl (C=O) groups excluding carboxylic acids is 3. The van der Waals surface area contributed by atoms with Gasteiger partial charge in [0, 0.05) is 13.1 Å². The van der Waals surface area contributed by atoms with Crippen LogP contribution in [0.4, 0.5) is 0 Å². The molecule has 1 saturated heterocycles. The van der Waals surface area contributed by atoms with Gasteiger partial charge in [0.1, 0.15) is 0 Å². The first kappa shape index (κ1) is 17.5. The minimum Gasteiger partial charge on any atom is -0.469 e. The largest absolute Gasteiger partial charge is 0.469 e. The van der Waals surface area contributed by atoms with Gasteiger partial charge in [0.05, 0.1) is 32.8 Å². The number of esters is 1. The molecule has 1 aromatic rings. The molecule has 1 aromatic heterocycles. The summed E-state index contributed by atoms with van der Waals surface area (Å²) < 4.78 is 15.6. The van der Waals surface area contributed by atoms with Crippen molar-refractivity contribution in [2.24, 2.45) is 0 Å². The zero-order valence-corrected chi connectivity index (χ0v) is 14.1. The summed E-state index contributed by atoms with van der Waals surface area (Å²) in [6, 6.07) is 3.10. The maximum atomic E-state index is 12.1. The quantitative estimate of drug-likeness (QED) is 0.740. The van der Waals surface area contributed by atoms with Crippen LogP contribution < -0.4 is 5.32 Å². The van der Waals surface area contributed by atoms with E-state index in [1.54, 1.807) is 11.0 Å². The van der Waals surface area contributed by atoms with Gasteiger partial charge in [0.15, 0.2) is 10.4 Å². The highest BCUT2D eigenvalue weighted by molar-refractivity contribution is 9.10. The molecule has 9 heteroatoms. The number of methoxy groups -OCH3 is 1. The molecule has 1 aliphatic heterocycles. The van der Waals surface area contributed by atoms with E-state index in [9.17, 15) is 14.4 Å². The predicted octanol–water partition coefficient (Wildman–Crippen LogP) is 0.562. The summed E-state index contributed by atoms with van der Waals surface area (Å²) in [4.78, 5) is 36.8. The SMILES string of the molecule is COC(=O)CC1CN(C(=O)CNC(=O)c2ccc(Br)o2)CCO1. The number of morpholine rings is 1. The van der Waals surface area contributed by atoms with Crippen molar-refractivity contribution >= 4 is 33.7 Å². The third kappa shape index (κ3) is 5.07. The van der Waals surface area contributed by atoms with Crippen LogP contribution in [0.3, 0.4) is 0 Å². The average molecular weight is 389 g/mol. The molecule has 1 atom stereocenters. The van der Waals surface area contributed by atoms with Gasteiger partial charge >= 0.3 is 5.97 Å². The van der Waals surface area contributed by atoms with Gasteiger partial charge in [-0.1, -0.05) is 0 Å². The highest BCUT2D eigenvalue weighted by Crippen LogP contribution is 2.14. The molecule has 0 aliphatic carbocycles. The Balaban J connectivity index is 1.80. The summed E-state index contributed by atoms with van der Waals surface area (Å²) in [5, 5.41) is 2.50. The lowest BCUT2D eigenvalue weighted by Crippen LogP contribution is -2.49. The number of halogens is 1. The summed E-state index contributed by atoms with van der Waals surface area (Å²) in [6.45, 7) is 0.892.